The van der Waals surface area contributed by atoms with Gasteiger partial charge in [-0.25, -0.2) is 4.98 Å². The summed E-state index contributed by atoms with van der Waals surface area (Å²) >= 11 is 6.11. The van der Waals surface area contributed by atoms with Crippen molar-refractivity contribution in [3.05, 3.63) is 18.0 Å². The fourth-order valence-electron chi connectivity index (χ4n) is 2.82. The molecule has 0 bridgehead atoms. The van der Waals surface area contributed by atoms with E-state index in [1.807, 2.05) is 12.1 Å². The number of hydrogen-bond acceptors (Lipinski definition) is 3. The molecule has 0 saturated heterocycles. The molecule has 1 unspecified atom stereocenters. The van der Waals surface area contributed by atoms with Crippen molar-refractivity contribution in [3.63, 3.8) is 0 Å². The van der Waals surface area contributed by atoms with Gasteiger partial charge < -0.3 is 14.0 Å². The maximum Gasteiger partial charge on any atom is 0.163 e. The van der Waals surface area contributed by atoms with E-state index in [0.29, 0.717) is 17.7 Å². The molecule has 116 valence electrons. The van der Waals surface area contributed by atoms with Crippen LogP contribution in [0.25, 0.3) is 11.0 Å². The van der Waals surface area contributed by atoms with Crippen LogP contribution in [0, 0.1) is 0 Å². The smallest absolute Gasteiger partial charge is 0.163 e. The van der Waals surface area contributed by atoms with Gasteiger partial charge in [0.05, 0.1) is 31.1 Å². The monoisotopic (exact) mass is 310 g/mol. The zero-order chi connectivity index (χ0) is 15.4. The molecule has 5 heteroatoms. The van der Waals surface area contributed by atoms with Crippen LogP contribution in [0.2, 0.25) is 0 Å². The molecule has 0 N–H and O–H groups in total. The van der Waals surface area contributed by atoms with E-state index in [-0.39, 0.29) is 0 Å². The van der Waals surface area contributed by atoms with Gasteiger partial charge in [-0.15, -0.1) is 11.6 Å². The molecule has 0 amide bonds. The first-order valence-corrected chi connectivity index (χ1v) is 7.92. The molecule has 1 heterocycles. The fraction of sp³-hybridized carbons (Fsp3) is 0.562. The van der Waals surface area contributed by atoms with Gasteiger partial charge in [0.2, 0.25) is 0 Å². The van der Waals surface area contributed by atoms with Crippen LogP contribution >= 0.6 is 11.6 Å². The van der Waals surface area contributed by atoms with E-state index in [9.17, 15) is 0 Å². The van der Waals surface area contributed by atoms with Crippen LogP contribution in [0.3, 0.4) is 0 Å². The molecule has 1 atom stereocenters. The first-order valence-electron chi connectivity index (χ1n) is 7.38. The van der Waals surface area contributed by atoms with Crippen molar-refractivity contribution >= 4 is 22.6 Å². The highest BCUT2D eigenvalue weighted by atomic mass is 35.5. The highest BCUT2D eigenvalue weighted by Crippen LogP contribution is 2.35. The number of alkyl halides is 1. The van der Waals surface area contributed by atoms with E-state index >= 15 is 0 Å². The standard InChI is InChI=1S/C16H23ClN2O2/c1-5-7-11(6-2)19-13-9-15(21-4)14(20-3)8-12(13)18-16(19)10-17/h8-9,11H,5-7,10H2,1-4H3. The number of fused-ring (bicyclic) bond motifs is 1. The number of halogens is 1. The number of rotatable bonds is 7. The number of benzene rings is 1. The maximum atomic E-state index is 6.11. The number of imidazole rings is 1. The Morgan fingerprint density at radius 2 is 1.86 bits per heavy atom. The Bertz CT molecular complexity index is 610. The van der Waals surface area contributed by atoms with Crippen LogP contribution in [0.1, 0.15) is 45.0 Å². The highest BCUT2D eigenvalue weighted by molar-refractivity contribution is 6.16. The zero-order valence-corrected chi connectivity index (χ0v) is 13.9. The first-order chi connectivity index (χ1) is 10.2. The van der Waals surface area contributed by atoms with Crippen molar-refractivity contribution in [3.8, 4) is 11.5 Å². The van der Waals surface area contributed by atoms with Gasteiger partial charge in [0.25, 0.3) is 0 Å². The predicted molar refractivity (Wildman–Crippen MR) is 86.6 cm³/mol. The van der Waals surface area contributed by atoms with E-state index in [1.165, 1.54) is 0 Å². The third kappa shape index (κ3) is 2.95. The van der Waals surface area contributed by atoms with Gasteiger partial charge in [-0.05, 0) is 12.8 Å². The Labute approximate surface area is 131 Å². The van der Waals surface area contributed by atoms with Gasteiger partial charge >= 0.3 is 0 Å². The van der Waals surface area contributed by atoms with Gasteiger partial charge in [0, 0.05) is 18.2 Å². The van der Waals surface area contributed by atoms with Crippen molar-refractivity contribution in [2.24, 2.45) is 0 Å². The number of hydrogen-bond donors (Lipinski definition) is 0. The second-order valence-electron chi connectivity index (χ2n) is 5.08. The van der Waals surface area contributed by atoms with Crippen LogP contribution in [0.5, 0.6) is 11.5 Å². The summed E-state index contributed by atoms with van der Waals surface area (Å²) in [7, 11) is 3.28. The van der Waals surface area contributed by atoms with Crippen molar-refractivity contribution in [2.75, 3.05) is 14.2 Å². The molecule has 0 aliphatic rings. The summed E-state index contributed by atoms with van der Waals surface area (Å²) in [5, 5.41) is 0. The molecule has 4 nitrogen and oxygen atoms in total. The van der Waals surface area contributed by atoms with Gasteiger partial charge in [-0.2, -0.15) is 0 Å². The topological polar surface area (TPSA) is 36.3 Å². The van der Waals surface area contributed by atoms with E-state index in [1.54, 1.807) is 14.2 Å². The Morgan fingerprint density at radius 1 is 1.19 bits per heavy atom. The second kappa shape index (κ2) is 7.03. The average molecular weight is 311 g/mol. The minimum absolute atomic E-state index is 0.402. The second-order valence-corrected chi connectivity index (χ2v) is 5.35. The number of aromatic nitrogens is 2. The van der Waals surface area contributed by atoms with Gasteiger partial charge in [0.1, 0.15) is 5.82 Å². The van der Waals surface area contributed by atoms with Crippen molar-refractivity contribution in [1.29, 1.82) is 0 Å². The lowest BCUT2D eigenvalue weighted by atomic mass is 10.1. The molecule has 0 aliphatic heterocycles. The van der Waals surface area contributed by atoms with Crippen molar-refractivity contribution in [1.82, 2.24) is 9.55 Å². The number of nitrogens with zero attached hydrogens (tertiary/aromatic N) is 2. The van der Waals surface area contributed by atoms with E-state index in [2.05, 4.69) is 23.4 Å². The molecule has 2 rings (SSSR count). The minimum Gasteiger partial charge on any atom is -0.493 e. The largest absolute Gasteiger partial charge is 0.493 e. The Balaban J connectivity index is 2.66. The molecule has 0 radical (unpaired) electrons. The third-order valence-electron chi connectivity index (χ3n) is 3.85. The third-order valence-corrected chi connectivity index (χ3v) is 4.08. The molecule has 1 aromatic carbocycles. The SMILES string of the molecule is CCCC(CC)n1c(CCl)nc2cc(OC)c(OC)cc21. The molecule has 0 spiro atoms. The molecule has 21 heavy (non-hydrogen) atoms. The summed E-state index contributed by atoms with van der Waals surface area (Å²) in [6.45, 7) is 4.40. The van der Waals surface area contributed by atoms with Gasteiger partial charge in [-0.1, -0.05) is 20.3 Å². The lowest BCUT2D eigenvalue weighted by molar-refractivity contribution is 0.355. The molecular weight excluding hydrogens is 288 g/mol. The quantitative estimate of drug-likeness (QED) is 0.704. The summed E-state index contributed by atoms with van der Waals surface area (Å²) < 4.78 is 13.0. The molecule has 0 fully saturated rings. The van der Waals surface area contributed by atoms with E-state index < -0.39 is 0 Å². The lowest BCUT2D eigenvalue weighted by Crippen LogP contribution is -2.11. The minimum atomic E-state index is 0.402. The normalized spacial score (nSPS) is 12.6. The predicted octanol–water partition coefficient (Wildman–Crippen LogP) is 4.54. The first kappa shape index (κ1) is 16.0. The summed E-state index contributed by atoms with van der Waals surface area (Å²) in [5.41, 5.74) is 1.96. The highest BCUT2D eigenvalue weighted by Gasteiger charge is 2.19. The zero-order valence-electron chi connectivity index (χ0n) is 13.1. The van der Waals surface area contributed by atoms with Crippen LogP contribution in [-0.2, 0) is 5.88 Å². The maximum absolute atomic E-state index is 6.11. The van der Waals surface area contributed by atoms with Crippen LogP contribution < -0.4 is 9.47 Å². The molecule has 1 aromatic heterocycles. The Kier molecular flexibility index (Phi) is 5.34. The molecule has 0 aliphatic carbocycles. The van der Waals surface area contributed by atoms with Crippen LogP contribution in [-0.4, -0.2) is 23.8 Å². The van der Waals surface area contributed by atoms with Crippen molar-refractivity contribution < 1.29 is 9.47 Å². The summed E-state index contributed by atoms with van der Waals surface area (Å²) in [4.78, 5) is 4.66. The Morgan fingerprint density at radius 3 is 2.38 bits per heavy atom. The molecule has 2 aromatic rings. The number of methoxy groups -OCH3 is 2. The molecular formula is C16H23ClN2O2. The summed E-state index contributed by atoms with van der Waals surface area (Å²) in [6, 6.07) is 4.32. The lowest BCUT2D eigenvalue weighted by Gasteiger charge is -2.19. The van der Waals surface area contributed by atoms with E-state index in [0.717, 1.165) is 41.9 Å². The van der Waals surface area contributed by atoms with Crippen LogP contribution in [0.15, 0.2) is 12.1 Å². The molecule has 0 saturated carbocycles. The van der Waals surface area contributed by atoms with Crippen LogP contribution in [0.4, 0.5) is 0 Å². The number of ether oxygens (including phenoxy) is 2. The fourth-order valence-corrected chi connectivity index (χ4v) is 3.01. The average Bonchev–Trinajstić information content (AvgIpc) is 2.88. The Hall–Kier alpha value is -1.42. The van der Waals surface area contributed by atoms with Crippen molar-refractivity contribution in [2.45, 2.75) is 45.0 Å². The summed E-state index contributed by atoms with van der Waals surface area (Å²) in [5.74, 6) is 2.72. The van der Waals surface area contributed by atoms with Gasteiger partial charge in [-0.3, -0.25) is 0 Å². The summed E-state index contributed by atoms with van der Waals surface area (Å²) in [6.07, 6.45) is 3.30. The van der Waals surface area contributed by atoms with E-state index in [4.69, 9.17) is 21.1 Å². The van der Waals surface area contributed by atoms with Gasteiger partial charge in [0.15, 0.2) is 11.5 Å².